The maximum Gasteiger partial charge on any atom is 0.238 e. The molecular formula is C14H18ClN3O2. The van der Waals surface area contributed by atoms with Crippen LogP contribution in [0.15, 0.2) is 18.2 Å². The number of hydrogen-bond donors (Lipinski definition) is 2. The van der Waals surface area contributed by atoms with Crippen LogP contribution in [-0.2, 0) is 4.79 Å². The van der Waals surface area contributed by atoms with Crippen molar-refractivity contribution in [3.63, 3.8) is 0 Å². The molecule has 5 nitrogen and oxygen atoms in total. The highest BCUT2D eigenvalue weighted by molar-refractivity contribution is 6.32. The van der Waals surface area contributed by atoms with E-state index in [1.165, 1.54) is 6.07 Å². The first-order chi connectivity index (χ1) is 9.21. The van der Waals surface area contributed by atoms with E-state index in [4.69, 9.17) is 16.9 Å². The van der Waals surface area contributed by atoms with Crippen LogP contribution in [0, 0.1) is 11.3 Å². The Balaban J connectivity index is 2.59. The van der Waals surface area contributed by atoms with E-state index in [0.717, 1.165) is 0 Å². The molecule has 0 fully saturated rings. The SMILES string of the molecule is CN(CC(=O)Nc1ccc(C#N)c(Cl)c1)CC(C)(C)O. The number of amides is 1. The van der Waals surface area contributed by atoms with Crippen LogP contribution < -0.4 is 5.32 Å². The lowest BCUT2D eigenvalue weighted by molar-refractivity contribution is -0.117. The fraction of sp³-hybridized carbons (Fsp3) is 0.429. The van der Waals surface area contributed by atoms with Gasteiger partial charge in [0.2, 0.25) is 5.91 Å². The summed E-state index contributed by atoms with van der Waals surface area (Å²) in [6.45, 7) is 3.90. The van der Waals surface area contributed by atoms with Crippen molar-refractivity contribution in [3.05, 3.63) is 28.8 Å². The number of nitriles is 1. The molecule has 0 unspecified atom stereocenters. The quantitative estimate of drug-likeness (QED) is 0.869. The number of anilines is 1. The van der Waals surface area contributed by atoms with E-state index in [1.807, 2.05) is 6.07 Å². The molecule has 0 aliphatic carbocycles. The van der Waals surface area contributed by atoms with Gasteiger partial charge in [-0.3, -0.25) is 9.69 Å². The van der Waals surface area contributed by atoms with Crippen LogP contribution >= 0.6 is 11.6 Å². The van der Waals surface area contributed by atoms with E-state index in [1.54, 1.807) is 37.9 Å². The summed E-state index contributed by atoms with van der Waals surface area (Å²) in [5, 5.41) is 21.4. The second kappa shape index (κ2) is 6.71. The highest BCUT2D eigenvalue weighted by Gasteiger charge is 2.17. The van der Waals surface area contributed by atoms with Crippen molar-refractivity contribution in [2.75, 3.05) is 25.5 Å². The Morgan fingerprint density at radius 2 is 2.20 bits per heavy atom. The molecule has 1 amide bonds. The second-order valence-corrected chi connectivity index (χ2v) is 5.75. The van der Waals surface area contributed by atoms with Gasteiger partial charge in [0.25, 0.3) is 0 Å². The first-order valence-corrected chi connectivity index (χ1v) is 6.49. The van der Waals surface area contributed by atoms with E-state index in [-0.39, 0.29) is 12.5 Å². The number of rotatable bonds is 5. The predicted octanol–water partition coefficient (Wildman–Crippen LogP) is 1.85. The monoisotopic (exact) mass is 295 g/mol. The van der Waals surface area contributed by atoms with Crippen LogP contribution in [0.1, 0.15) is 19.4 Å². The van der Waals surface area contributed by atoms with Crippen molar-refractivity contribution in [3.8, 4) is 6.07 Å². The summed E-state index contributed by atoms with van der Waals surface area (Å²) in [6, 6.07) is 6.67. The van der Waals surface area contributed by atoms with Crippen LogP contribution in [0.3, 0.4) is 0 Å². The molecule has 1 aromatic carbocycles. The molecule has 0 saturated heterocycles. The lowest BCUT2D eigenvalue weighted by Gasteiger charge is -2.24. The minimum Gasteiger partial charge on any atom is -0.389 e. The van der Waals surface area contributed by atoms with Crippen LogP contribution in [0.25, 0.3) is 0 Å². The molecular weight excluding hydrogens is 278 g/mol. The molecule has 0 heterocycles. The average Bonchev–Trinajstić information content (AvgIpc) is 2.25. The van der Waals surface area contributed by atoms with Crippen molar-refractivity contribution in [2.45, 2.75) is 19.4 Å². The van der Waals surface area contributed by atoms with E-state index in [2.05, 4.69) is 5.32 Å². The zero-order chi connectivity index (χ0) is 15.3. The number of likely N-dealkylation sites (N-methyl/N-ethyl adjacent to an activating group) is 1. The Morgan fingerprint density at radius 3 is 2.70 bits per heavy atom. The summed E-state index contributed by atoms with van der Waals surface area (Å²) < 4.78 is 0. The van der Waals surface area contributed by atoms with Gasteiger partial charge >= 0.3 is 0 Å². The van der Waals surface area contributed by atoms with Crippen LogP contribution in [0.4, 0.5) is 5.69 Å². The Labute approximate surface area is 123 Å². The number of nitrogens with zero attached hydrogens (tertiary/aromatic N) is 2. The van der Waals surface area contributed by atoms with E-state index >= 15 is 0 Å². The maximum absolute atomic E-state index is 11.8. The Bertz CT molecular complexity index is 532. The van der Waals surface area contributed by atoms with Gasteiger partial charge in [0, 0.05) is 12.2 Å². The number of carbonyl (C=O) groups is 1. The maximum atomic E-state index is 11.8. The van der Waals surface area contributed by atoms with Crippen molar-refractivity contribution in [2.24, 2.45) is 0 Å². The standard InChI is InChI=1S/C14H18ClN3O2/c1-14(2,20)9-18(3)8-13(19)17-11-5-4-10(7-16)12(15)6-11/h4-6,20H,8-9H2,1-3H3,(H,17,19). The third kappa shape index (κ3) is 5.57. The predicted molar refractivity (Wildman–Crippen MR) is 78.6 cm³/mol. The number of aliphatic hydroxyl groups is 1. The van der Waals surface area contributed by atoms with Gasteiger partial charge in [-0.25, -0.2) is 0 Å². The third-order valence-corrected chi connectivity index (χ3v) is 2.76. The van der Waals surface area contributed by atoms with Gasteiger partial charge < -0.3 is 10.4 Å². The first kappa shape index (κ1) is 16.4. The fourth-order valence-electron chi connectivity index (χ4n) is 1.85. The molecule has 0 saturated carbocycles. The molecule has 2 N–H and O–H groups in total. The molecule has 0 bridgehead atoms. The molecule has 1 aromatic rings. The third-order valence-electron chi connectivity index (χ3n) is 2.44. The number of halogens is 1. The summed E-state index contributed by atoms with van der Waals surface area (Å²) in [6.07, 6.45) is 0. The highest BCUT2D eigenvalue weighted by atomic mass is 35.5. The van der Waals surface area contributed by atoms with E-state index in [0.29, 0.717) is 22.8 Å². The Hall–Kier alpha value is -1.61. The largest absolute Gasteiger partial charge is 0.389 e. The van der Waals surface area contributed by atoms with Gasteiger partial charge in [0.1, 0.15) is 6.07 Å². The zero-order valence-corrected chi connectivity index (χ0v) is 12.5. The van der Waals surface area contributed by atoms with Gasteiger partial charge in [-0.15, -0.1) is 0 Å². The molecule has 108 valence electrons. The van der Waals surface area contributed by atoms with Gasteiger partial charge in [0.05, 0.1) is 22.7 Å². The summed E-state index contributed by atoms with van der Waals surface area (Å²) in [5.74, 6) is -0.211. The van der Waals surface area contributed by atoms with Crippen molar-refractivity contribution in [1.82, 2.24) is 4.90 Å². The van der Waals surface area contributed by atoms with Crippen LogP contribution in [-0.4, -0.2) is 41.7 Å². The first-order valence-electron chi connectivity index (χ1n) is 6.12. The second-order valence-electron chi connectivity index (χ2n) is 5.34. The molecule has 0 aromatic heterocycles. The highest BCUT2D eigenvalue weighted by Crippen LogP contribution is 2.20. The lowest BCUT2D eigenvalue weighted by atomic mass is 10.1. The molecule has 20 heavy (non-hydrogen) atoms. The van der Waals surface area contributed by atoms with Crippen molar-refractivity contribution >= 4 is 23.2 Å². The van der Waals surface area contributed by atoms with E-state index < -0.39 is 5.60 Å². The number of nitrogens with one attached hydrogen (secondary N) is 1. The zero-order valence-electron chi connectivity index (χ0n) is 11.8. The molecule has 0 spiro atoms. The average molecular weight is 296 g/mol. The van der Waals surface area contributed by atoms with Crippen molar-refractivity contribution in [1.29, 1.82) is 5.26 Å². The summed E-state index contributed by atoms with van der Waals surface area (Å²) in [7, 11) is 1.75. The van der Waals surface area contributed by atoms with Gasteiger partial charge in [0.15, 0.2) is 0 Å². The van der Waals surface area contributed by atoms with Gasteiger partial charge in [-0.1, -0.05) is 11.6 Å². The summed E-state index contributed by atoms with van der Waals surface area (Å²) in [5.41, 5.74) is 0.0479. The summed E-state index contributed by atoms with van der Waals surface area (Å²) >= 11 is 5.89. The minimum atomic E-state index is -0.854. The number of hydrogen-bond acceptors (Lipinski definition) is 4. The smallest absolute Gasteiger partial charge is 0.238 e. The summed E-state index contributed by atoms with van der Waals surface area (Å²) in [4.78, 5) is 13.6. The molecule has 0 atom stereocenters. The van der Waals surface area contributed by atoms with E-state index in [9.17, 15) is 9.90 Å². The molecule has 0 aliphatic heterocycles. The minimum absolute atomic E-state index is 0.154. The number of carbonyl (C=O) groups excluding carboxylic acids is 1. The van der Waals surface area contributed by atoms with Crippen molar-refractivity contribution < 1.29 is 9.90 Å². The normalized spacial score (nSPS) is 11.2. The molecule has 0 aliphatic rings. The number of benzene rings is 1. The topological polar surface area (TPSA) is 76.4 Å². The fourth-order valence-corrected chi connectivity index (χ4v) is 2.07. The van der Waals surface area contributed by atoms with Crippen LogP contribution in [0.5, 0.6) is 0 Å². The Kier molecular flexibility index (Phi) is 5.52. The molecule has 6 heteroatoms. The molecule has 1 rings (SSSR count). The van der Waals surface area contributed by atoms with Crippen LogP contribution in [0.2, 0.25) is 5.02 Å². The van der Waals surface area contributed by atoms with Gasteiger partial charge in [-0.2, -0.15) is 5.26 Å². The molecule has 0 radical (unpaired) electrons. The van der Waals surface area contributed by atoms with Gasteiger partial charge in [-0.05, 0) is 39.1 Å². The lowest BCUT2D eigenvalue weighted by Crippen LogP contribution is -2.40. The Morgan fingerprint density at radius 1 is 1.55 bits per heavy atom.